The third-order valence-electron chi connectivity index (χ3n) is 4.39. The number of nitrogens with zero attached hydrogens (tertiary/aromatic N) is 4. The molecule has 0 aliphatic carbocycles. The SMILES string of the molecule is Cc1noc(CSc2ccccc2C(=O)Nc2ccc(N3CCOCC3)nc2)n1. The normalized spacial score (nSPS) is 14.0. The molecule has 1 aliphatic rings. The Kier molecular flexibility index (Phi) is 6.06. The highest BCUT2D eigenvalue weighted by Gasteiger charge is 2.15. The highest BCUT2D eigenvalue weighted by Crippen LogP contribution is 2.26. The van der Waals surface area contributed by atoms with Gasteiger partial charge in [-0.25, -0.2) is 4.98 Å². The molecule has 1 saturated heterocycles. The maximum absolute atomic E-state index is 12.8. The molecule has 0 unspecified atom stereocenters. The number of amides is 1. The number of morpholine rings is 1. The van der Waals surface area contributed by atoms with Crippen LogP contribution in [0.5, 0.6) is 0 Å². The molecule has 2 aromatic heterocycles. The molecule has 9 heteroatoms. The molecule has 0 atom stereocenters. The Morgan fingerprint density at radius 2 is 2.03 bits per heavy atom. The van der Waals surface area contributed by atoms with E-state index in [2.05, 4.69) is 25.3 Å². The summed E-state index contributed by atoms with van der Waals surface area (Å²) in [5.41, 5.74) is 1.24. The maximum atomic E-state index is 12.8. The van der Waals surface area contributed by atoms with Crippen LogP contribution in [0.2, 0.25) is 0 Å². The number of carbonyl (C=O) groups is 1. The molecule has 0 spiro atoms. The summed E-state index contributed by atoms with van der Waals surface area (Å²) >= 11 is 1.48. The van der Waals surface area contributed by atoms with Crippen molar-refractivity contribution in [2.45, 2.75) is 17.6 Å². The van der Waals surface area contributed by atoms with Crippen LogP contribution < -0.4 is 10.2 Å². The molecule has 0 bridgehead atoms. The maximum Gasteiger partial charge on any atom is 0.256 e. The summed E-state index contributed by atoms with van der Waals surface area (Å²) in [7, 11) is 0. The molecule has 3 aromatic rings. The first-order chi connectivity index (χ1) is 14.2. The zero-order valence-corrected chi connectivity index (χ0v) is 16.8. The van der Waals surface area contributed by atoms with Crippen LogP contribution in [-0.2, 0) is 10.5 Å². The number of benzene rings is 1. The number of ether oxygens (including phenoxy) is 1. The quantitative estimate of drug-likeness (QED) is 0.618. The van der Waals surface area contributed by atoms with Gasteiger partial charge in [-0.3, -0.25) is 4.79 Å². The molecule has 1 fully saturated rings. The standard InChI is InChI=1S/C20H21N5O3S/c1-14-22-19(28-24-14)13-29-17-5-3-2-4-16(17)20(26)23-15-6-7-18(21-12-15)25-8-10-27-11-9-25/h2-7,12H,8-11,13H2,1H3,(H,23,26). The second-order valence-electron chi connectivity index (χ2n) is 6.48. The van der Waals surface area contributed by atoms with E-state index in [9.17, 15) is 4.79 Å². The van der Waals surface area contributed by atoms with Gasteiger partial charge in [0.15, 0.2) is 5.82 Å². The van der Waals surface area contributed by atoms with Gasteiger partial charge in [0.1, 0.15) is 5.82 Å². The first-order valence-electron chi connectivity index (χ1n) is 9.30. The van der Waals surface area contributed by atoms with Gasteiger partial charge in [-0.15, -0.1) is 11.8 Å². The third-order valence-corrected chi connectivity index (χ3v) is 5.45. The molecule has 1 aromatic carbocycles. The molecule has 8 nitrogen and oxygen atoms in total. The summed E-state index contributed by atoms with van der Waals surface area (Å²) in [6.45, 7) is 4.83. The molecule has 29 heavy (non-hydrogen) atoms. The van der Waals surface area contributed by atoms with Gasteiger partial charge in [0.2, 0.25) is 5.89 Å². The van der Waals surface area contributed by atoms with Gasteiger partial charge in [0.25, 0.3) is 5.91 Å². The van der Waals surface area contributed by atoms with Crippen molar-refractivity contribution < 1.29 is 14.1 Å². The van der Waals surface area contributed by atoms with Crippen molar-refractivity contribution in [3.63, 3.8) is 0 Å². The summed E-state index contributed by atoms with van der Waals surface area (Å²) < 4.78 is 10.5. The zero-order chi connectivity index (χ0) is 20.1. The Hall–Kier alpha value is -2.91. The predicted molar refractivity (Wildman–Crippen MR) is 110 cm³/mol. The van der Waals surface area contributed by atoms with Gasteiger partial charge < -0.3 is 19.5 Å². The van der Waals surface area contributed by atoms with Gasteiger partial charge in [0.05, 0.1) is 36.4 Å². The van der Waals surface area contributed by atoms with E-state index < -0.39 is 0 Å². The van der Waals surface area contributed by atoms with Crippen LogP contribution in [0.15, 0.2) is 52.0 Å². The lowest BCUT2D eigenvalue weighted by molar-refractivity contribution is 0.102. The molecular formula is C20H21N5O3S. The highest BCUT2D eigenvalue weighted by molar-refractivity contribution is 7.98. The van der Waals surface area contributed by atoms with Crippen LogP contribution in [0.25, 0.3) is 0 Å². The predicted octanol–water partition coefficient (Wildman–Crippen LogP) is 3.15. The molecule has 1 amide bonds. The van der Waals surface area contributed by atoms with Gasteiger partial charge in [0, 0.05) is 18.0 Å². The van der Waals surface area contributed by atoms with Crippen LogP contribution in [0.1, 0.15) is 22.1 Å². The summed E-state index contributed by atoms with van der Waals surface area (Å²) in [6, 6.07) is 11.2. The van der Waals surface area contributed by atoms with Crippen molar-refractivity contribution in [2.75, 3.05) is 36.5 Å². The van der Waals surface area contributed by atoms with Gasteiger partial charge in [-0.2, -0.15) is 4.98 Å². The topological polar surface area (TPSA) is 93.4 Å². The van der Waals surface area contributed by atoms with E-state index in [0.29, 0.717) is 41.9 Å². The second kappa shape index (κ2) is 9.06. The van der Waals surface area contributed by atoms with Crippen LogP contribution in [-0.4, -0.2) is 47.3 Å². The monoisotopic (exact) mass is 411 g/mol. The van der Waals surface area contributed by atoms with Crippen molar-refractivity contribution >= 4 is 29.2 Å². The van der Waals surface area contributed by atoms with Gasteiger partial charge in [-0.1, -0.05) is 17.3 Å². The minimum atomic E-state index is -0.185. The van der Waals surface area contributed by atoms with E-state index in [1.807, 2.05) is 30.3 Å². The minimum absolute atomic E-state index is 0.185. The molecule has 0 radical (unpaired) electrons. The Morgan fingerprint density at radius 1 is 1.21 bits per heavy atom. The molecule has 1 N–H and O–H groups in total. The minimum Gasteiger partial charge on any atom is -0.378 e. The molecule has 150 valence electrons. The van der Waals surface area contributed by atoms with E-state index in [1.165, 1.54) is 11.8 Å². The lowest BCUT2D eigenvalue weighted by atomic mass is 10.2. The third kappa shape index (κ3) is 4.93. The second-order valence-corrected chi connectivity index (χ2v) is 7.50. The number of anilines is 2. The number of pyridine rings is 1. The largest absolute Gasteiger partial charge is 0.378 e. The van der Waals surface area contributed by atoms with Crippen molar-refractivity contribution in [1.82, 2.24) is 15.1 Å². The summed E-state index contributed by atoms with van der Waals surface area (Å²) in [6.07, 6.45) is 1.68. The van der Waals surface area contributed by atoms with Crippen LogP contribution in [0, 0.1) is 6.92 Å². The number of rotatable bonds is 6. The molecule has 1 aliphatic heterocycles. The fraction of sp³-hybridized carbons (Fsp3) is 0.300. The Morgan fingerprint density at radius 3 is 2.76 bits per heavy atom. The molecule has 0 saturated carbocycles. The van der Waals surface area contributed by atoms with Crippen LogP contribution in [0.4, 0.5) is 11.5 Å². The van der Waals surface area contributed by atoms with Crippen LogP contribution >= 0.6 is 11.8 Å². The first kappa shape index (κ1) is 19.4. The van der Waals surface area contributed by atoms with E-state index >= 15 is 0 Å². The number of aryl methyl sites for hydroxylation is 1. The van der Waals surface area contributed by atoms with E-state index in [1.54, 1.807) is 19.2 Å². The average molecular weight is 411 g/mol. The number of nitrogens with one attached hydrogen (secondary N) is 1. The van der Waals surface area contributed by atoms with Gasteiger partial charge in [-0.05, 0) is 31.2 Å². The first-order valence-corrected chi connectivity index (χ1v) is 10.3. The van der Waals surface area contributed by atoms with E-state index in [0.717, 1.165) is 23.8 Å². The highest BCUT2D eigenvalue weighted by atomic mass is 32.2. The number of aromatic nitrogens is 3. The zero-order valence-electron chi connectivity index (χ0n) is 16.0. The molecular weight excluding hydrogens is 390 g/mol. The van der Waals surface area contributed by atoms with Crippen LogP contribution in [0.3, 0.4) is 0 Å². The fourth-order valence-electron chi connectivity index (χ4n) is 2.96. The number of thioether (sulfide) groups is 1. The van der Waals surface area contributed by atoms with Crippen molar-refractivity contribution in [1.29, 1.82) is 0 Å². The van der Waals surface area contributed by atoms with Crippen molar-refractivity contribution in [3.8, 4) is 0 Å². The van der Waals surface area contributed by atoms with E-state index in [4.69, 9.17) is 9.26 Å². The number of hydrogen-bond acceptors (Lipinski definition) is 8. The number of hydrogen-bond donors (Lipinski definition) is 1. The average Bonchev–Trinajstić information content (AvgIpc) is 3.19. The lowest BCUT2D eigenvalue weighted by Gasteiger charge is -2.27. The Labute approximate surface area is 172 Å². The lowest BCUT2D eigenvalue weighted by Crippen LogP contribution is -2.36. The Bertz CT molecular complexity index is 970. The van der Waals surface area contributed by atoms with E-state index in [-0.39, 0.29) is 5.91 Å². The summed E-state index contributed by atoms with van der Waals surface area (Å²) in [5.74, 6) is 2.33. The number of carbonyl (C=O) groups excluding carboxylic acids is 1. The smallest absolute Gasteiger partial charge is 0.256 e. The summed E-state index contributed by atoms with van der Waals surface area (Å²) in [4.78, 5) is 24.5. The Balaban J connectivity index is 1.41. The van der Waals surface area contributed by atoms with Crippen molar-refractivity contribution in [3.05, 3.63) is 59.9 Å². The van der Waals surface area contributed by atoms with Crippen molar-refractivity contribution in [2.24, 2.45) is 0 Å². The molecule has 4 rings (SSSR count). The molecule has 3 heterocycles. The fourth-order valence-corrected chi connectivity index (χ4v) is 3.84. The summed E-state index contributed by atoms with van der Waals surface area (Å²) in [5, 5.41) is 6.71. The van der Waals surface area contributed by atoms with Gasteiger partial charge >= 0.3 is 0 Å².